The molecule has 0 bridgehead atoms. The number of para-hydroxylation sites is 2. The topological polar surface area (TPSA) is 81.9 Å². The molecule has 0 saturated carbocycles. The van der Waals surface area contributed by atoms with Crippen molar-refractivity contribution in [1.82, 2.24) is 4.31 Å². The van der Waals surface area contributed by atoms with Crippen LogP contribution in [0.2, 0.25) is 0 Å². The second kappa shape index (κ2) is 4.91. The van der Waals surface area contributed by atoms with Crippen molar-refractivity contribution in [3.05, 3.63) is 24.3 Å². The largest absolute Gasteiger partial charge is 0.396 e. The first-order valence-corrected chi connectivity index (χ1v) is 6.58. The van der Waals surface area contributed by atoms with Crippen LogP contribution in [0.4, 0.5) is 5.69 Å². The Morgan fingerprint density at radius 3 is 2.53 bits per heavy atom. The average molecular weight is 258 g/mol. The smallest absolute Gasteiger partial charge is 0.385 e. The van der Waals surface area contributed by atoms with Gasteiger partial charge in [-0.1, -0.05) is 12.1 Å². The van der Waals surface area contributed by atoms with Crippen molar-refractivity contribution in [1.29, 1.82) is 0 Å². The molecule has 0 radical (unpaired) electrons. The molecule has 0 amide bonds. The first kappa shape index (κ1) is 12.2. The van der Waals surface area contributed by atoms with Crippen LogP contribution in [-0.2, 0) is 15.0 Å². The maximum atomic E-state index is 11.9. The molecule has 7 heteroatoms. The normalized spacial score (nSPS) is 17.9. The predicted octanol–water partition coefficient (Wildman–Crippen LogP) is 0.225. The fourth-order valence-electron chi connectivity index (χ4n) is 1.49. The van der Waals surface area contributed by atoms with Gasteiger partial charge in [0.05, 0.1) is 18.9 Å². The highest BCUT2D eigenvalue weighted by molar-refractivity contribution is 7.84. The molecule has 1 saturated heterocycles. The van der Waals surface area contributed by atoms with Gasteiger partial charge in [-0.25, -0.2) is 0 Å². The summed E-state index contributed by atoms with van der Waals surface area (Å²) in [5, 5.41) is 0. The highest BCUT2D eigenvalue weighted by Gasteiger charge is 2.26. The van der Waals surface area contributed by atoms with Gasteiger partial charge in [0.2, 0.25) is 0 Å². The van der Waals surface area contributed by atoms with Crippen molar-refractivity contribution in [2.24, 2.45) is 0 Å². The molecule has 0 spiro atoms. The number of benzene rings is 1. The van der Waals surface area contributed by atoms with E-state index in [1.54, 1.807) is 18.2 Å². The Balaban J connectivity index is 2.14. The third kappa shape index (κ3) is 2.87. The Kier molecular flexibility index (Phi) is 3.51. The monoisotopic (exact) mass is 258 g/mol. The van der Waals surface area contributed by atoms with E-state index in [1.807, 2.05) is 0 Å². The lowest BCUT2D eigenvalue weighted by molar-refractivity contribution is 0.0698. The van der Waals surface area contributed by atoms with Crippen LogP contribution in [0.15, 0.2) is 24.3 Å². The summed E-state index contributed by atoms with van der Waals surface area (Å²) in [5.41, 5.74) is 5.92. The van der Waals surface area contributed by atoms with Crippen LogP contribution in [-0.4, -0.2) is 39.0 Å². The van der Waals surface area contributed by atoms with Crippen LogP contribution in [0, 0.1) is 0 Å². The van der Waals surface area contributed by atoms with Gasteiger partial charge in [-0.2, -0.15) is 12.7 Å². The minimum absolute atomic E-state index is 0.152. The van der Waals surface area contributed by atoms with Crippen molar-refractivity contribution in [2.45, 2.75) is 0 Å². The summed E-state index contributed by atoms with van der Waals surface area (Å²) >= 11 is 0. The lowest BCUT2D eigenvalue weighted by atomic mass is 10.3. The van der Waals surface area contributed by atoms with E-state index >= 15 is 0 Å². The molecule has 0 aromatic heterocycles. The molecule has 2 rings (SSSR count). The maximum absolute atomic E-state index is 11.9. The van der Waals surface area contributed by atoms with Gasteiger partial charge in [0, 0.05) is 13.1 Å². The third-order valence-electron chi connectivity index (χ3n) is 2.40. The number of anilines is 1. The van der Waals surface area contributed by atoms with E-state index in [9.17, 15) is 8.42 Å². The van der Waals surface area contributed by atoms with Gasteiger partial charge >= 0.3 is 10.3 Å². The summed E-state index contributed by atoms with van der Waals surface area (Å²) < 4.78 is 35.1. The lowest BCUT2D eigenvalue weighted by Gasteiger charge is -2.25. The zero-order valence-corrected chi connectivity index (χ0v) is 10.0. The molecule has 1 aromatic rings. The summed E-state index contributed by atoms with van der Waals surface area (Å²) in [5.74, 6) is 0.152. The summed E-state index contributed by atoms with van der Waals surface area (Å²) in [4.78, 5) is 0. The van der Waals surface area contributed by atoms with E-state index in [0.29, 0.717) is 32.0 Å². The molecule has 0 aliphatic carbocycles. The number of rotatable bonds is 3. The standard InChI is InChI=1S/C10H14N2O4S/c11-9-3-1-2-4-10(9)16-17(13,14)12-5-7-15-8-6-12/h1-4H,5-8,11H2. The molecule has 1 heterocycles. The zero-order chi connectivity index (χ0) is 12.3. The van der Waals surface area contributed by atoms with Crippen molar-refractivity contribution < 1.29 is 17.3 Å². The van der Waals surface area contributed by atoms with Crippen molar-refractivity contribution in [3.63, 3.8) is 0 Å². The molecule has 17 heavy (non-hydrogen) atoms. The quantitative estimate of drug-likeness (QED) is 0.784. The molecule has 0 atom stereocenters. The van der Waals surface area contributed by atoms with Gasteiger partial charge in [0.1, 0.15) is 0 Å². The van der Waals surface area contributed by atoms with Crippen LogP contribution in [0.3, 0.4) is 0 Å². The van der Waals surface area contributed by atoms with E-state index < -0.39 is 10.3 Å². The lowest BCUT2D eigenvalue weighted by Crippen LogP contribution is -2.42. The molecule has 2 N–H and O–H groups in total. The van der Waals surface area contributed by atoms with Crippen LogP contribution < -0.4 is 9.92 Å². The van der Waals surface area contributed by atoms with Gasteiger partial charge in [0.25, 0.3) is 0 Å². The number of nitrogens with zero attached hydrogens (tertiary/aromatic N) is 1. The van der Waals surface area contributed by atoms with E-state index in [0.717, 1.165) is 0 Å². The Morgan fingerprint density at radius 1 is 1.24 bits per heavy atom. The number of morpholine rings is 1. The molecule has 94 valence electrons. The van der Waals surface area contributed by atoms with Crippen molar-refractivity contribution in [3.8, 4) is 5.75 Å². The summed E-state index contributed by atoms with van der Waals surface area (Å²) in [6.45, 7) is 1.36. The van der Waals surface area contributed by atoms with Crippen LogP contribution in [0.5, 0.6) is 5.75 Å². The predicted molar refractivity (Wildman–Crippen MR) is 62.8 cm³/mol. The number of hydrogen-bond acceptors (Lipinski definition) is 5. The van der Waals surface area contributed by atoms with Crippen LogP contribution in [0.1, 0.15) is 0 Å². The summed E-state index contributed by atoms with van der Waals surface area (Å²) in [7, 11) is -3.79. The van der Waals surface area contributed by atoms with Gasteiger partial charge in [-0.3, -0.25) is 0 Å². The third-order valence-corrected chi connectivity index (χ3v) is 3.79. The Hall–Kier alpha value is -1.31. The fourth-order valence-corrected chi connectivity index (χ4v) is 2.57. The number of hydrogen-bond donors (Lipinski definition) is 1. The zero-order valence-electron chi connectivity index (χ0n) is 9.20. The highest BCUT2D eigenvalue weighted by atomic mass is 32.2. The Morgan fingerprint density at radius 2 is 1.88 bits per heavy atom. The highest BCUT2D eigenvalue weighted by Crippen LogP contribution is 2.23. The SMILES string of the molecule is Nc1ccccc1OS(=O)(=O)N1CCOCC1. The number of ether oxygens (including phenoxy) is 1. The van der Waals surface area contributed by atoms with Gasteiger partial charge in [-0.15, -0.1) is 0 Å². The molecule has 1 aliphatic rings. The fraction of sp³-hybridized carbons (Fsp3) is 0.400. The molecular formula is C10H14N2O4S. The van der Waals surface area contributed by atoms with Crippen LogP contribution >= 0.6 is 0 Å². The molecule has 6 nitrogen and oxygen atoms in total. The van der Waals surface area contributed by atoms with E-state index in [4.69, 9.17) is 14.7 Å². The van der Waals surface area contributed by atoms with Gasteiger partial charge in [-0.05, 0) is 12.1 Å². The first-order valence-electron chi connectivity index (χ1n) is 5.21. The number of nitrogens with two attached hydrogens (primary N) is 1. The summed E-state index contributed by atoms with van der Waals surface area (Å²) in [6, 6.07) is 6.49. The van der Waals surface area contributed by atoms with Gasteiger partial charge < -0.3 is 14.7 Å². The Bertz CT molecular complexity index is 483. The van der Waals surface area contributed by atoms with E-state index in [1.165, 1.54) is 10.4 Å². The minimum Gasteiger partial charge on any atom is -0.396 e. The van der Waals surface area contributed by atoms with Gasteiger partial charge in [0.15, 0.2) is 5.75 Å². The average Bonchev–Trinajstić information content (AvgIpc) is 2.33. The van der Waals surface area contributed by atoms with E-state index in [-0.39, 0.29) is 5.75 Å². The Labute approximate surface area is 100 Å². The van der Waals surface area contributed by atoms with Crippen molar-refractivity contribution in [2.75, 3.05) is 32.0 Å². The molecule has 1 aliphatic heterocycles. The van der Waals surface area contributed by atoms with E-state index in [2.05, 4.69) is 0 Å². The minimum atomic E-state index is -3.79. The molecule has 0 unspecified atom stereocenters. The number of nitrogen functional groups attached to an aromatic ring is 1. The first-order chi connectivity index (χ1) is 8.09. The molecular weight excluding hydrogens is 244 g/mol. The maximum Gasteiger partial charge on any atom is 0.385 e. The summed E-state index contributed by atoms with van der Waals surface area (Å²) in [6.07, 6.45) is 0. The molecule has 1 fully saturated rings. The molecule has 1 aromatic carbocycles. The second-order valence-electron chi connectivity index (χ2n) is 3.59. The van der Waals surface area contributed by atoms with Crippen molar-refractivity contribution >= 4 is 16.0 Å². The van der Waals surface area contributed by atoms with Crippen LogP contribution in [0.25, 0.3) is 0 Å². The second-order valence-corrected chi connectivity index (χ2v) is 5.13.